The molecular formula is C20H25IN4O. The minimum absolute atomic E-state index is 0. The molecule has 1 saturated heterocycles. The molecule has 1 heterocycles. The van der Waals surface area contributed by atoms with E-state index < -0.39 is 5.91 Å². The van der Waals surface area contributed by atoms with Crippen molar-refractivity contribution in [2.75, 3.05) is 20.1 Å². The molecule has 2 aromatic rings. The van der Waals surface area contributed by atoms with Gasteiger partial charge in [0.25, 0.3) is 0 Å². The van der Waals surface area contributed by atoms with Crippen LogP contribution in [0.4, 0.5) is 0 Å². The first-order valence-electron chi connectivity index (χ1n) is 8.56. The molecule has 2 aromatic carbocycles. The van der Waals surface area contributed by atoms with E-state index in [2.05, 4.69) is 45.5 Å². The van der Waals surface area contributed by atoms with Gasteiger partial charge in [0, 0.05) is 38.2 Å². The number of guanidine groups is 1. The summed E-state index contributed by atoms with van der Waals surface area (Å²) in [4.78, 5) is 18.0. The van der Waals surface area contributed by atoms with Crippen LogP contribution in [0, 0.1) is 0 Å². The van der Waals surface area contributed by atoms with Crippen molar-refractivity contribution < 1.29 is 4.79 Å². The Morgan fingerprint density at radius 2 is 2.00 bits per heavy atom. The standard InChI is InChI=1S/C20H24N4O.HI/c1-22-20(23-13-15-6-5-9-17(12-15)19(21)25)24-11-10-18(14-24)16-7-3-2-4-8-16;/h2-9,12,18H,10-11,13-14H2,1H3,(H2,21,25)(H,22,23);1H. The van der Waals surface area contributed by atoms with E-state index in [1.807, 2.05) is 18.2 Å². The van der Waals surface area contributed by atoms with E-state index in [0.29, 0.717) is 18.0 Å². The van der Waals surface area contributed by atoms with Crippen LogP contribution in [0.5, 0.6) is 0 Å². The molecule has 0 saturated carbocycles. The maximum atomic E-state index is 11.3. The van der Waals surface area contributed by atoms with Gasteiger partial charge in [0.2, 0.25) is 5.91 Å². The minimum atomic E-state index is -0.406. The minimum Gasteiger partial charge on any atom is -0.366 e. The zero-order valence-electron chi connectivity index (χ0n) is 14.9. The van der Waals surface area contributed by atoms with Gasteiger partial charge in [-0.1, -0.05) is 42.5 Å². The van der Waals surface area contributed by atoms with Crippen molar-refractivity contribution in [3.8, 4) is 0 Å². The molecule has 1 unspecified atom stereocenters. The number of nitrogens with one attached hydrogen (secondary N) is 1. The van der Waals surface area contributed by atoms with Crippen LogP contribution in [0.15, 0.2) is 59.6 Å². The highest BCUT2D eigenvalue weighted by Gasteiger charge is 2.25. The Balaban J connectivity index is 0.00000243. The number of rotatable bonds is 4. The quantitative estimate of drug-likeness (QED) is 0.415. The molecule has 1 amide bonds. The summed E-state index contributed by atoms with van der Waals surface area (Å²) in [5.41, 5.74) is 8.27. The topological polar surface area (TPSA) is 70.7 Å². The maximum Gasteiger partial charge on any atom is 0.248 e. The summed E-state index contributed by atoms with van der Waals surface area (Å²) in [5.74, 6) is 1.03. The number of carbonyl (C=O) groups is 1. The molecule has 0 bridgehead atoms. The van der Waals surface area contributed by atoms with Gasteiger partial charge in [-0.15, -0.1) is 24.0 Å². The molecule has 1 atom stereocenters. The summed E-state index contributed by atoms with van der Waals surface area (Å²) in [7, 11) is 1.80. The summed E-state index contributed by atoms with van der Waals surface area (Å²) < 4.78 is 0. The molecule has 0 aromatic heterocycles. The van der Waals surface area contributed by atoms with Crippen molar-refractivity contribution in [3.63, 3.8) is 0 Å². The summed E-state index contributed by atoms with van der Waals surface area (Å²) in [6.07, 6.45) is 1.13. The number of nitrogens with zero attached hydrogens (tertiary/aromatic N) is 2. The molecule has 0 spiro atoms. The molecule has 26 heavy (non-hydrogen) atoms. The first-order valence-corrected chi connectivity index (χ1v) is 8.56. The zero-order chi connectivity index (χ0) is 17.6. The van der Waals surface area contributed by atoms with E-state index >= 15 is 0 Å². The third kappa shape index (κ3) is 4.97. The van der Waals surface area contributed by atoms with Gasteiger partial charge >= 0.3 is 0 Å². The molecule has 1 aliphatic rings. The second-order valence-electron chi connectivity index (χ2n) is 6.31. The Morgan fingerprint density at radius 1 is 1.23 bits per heavy atom. The van der Waals surface area contributed by atoms with Crippen LogP contribution in [0.25, 0.3) is 0 Å². The number of carbonyl (C=O) groups excluding carboxylic acids is 1. The van der Waals surface area contributed by atoms with Gasteiger partial charge < -0.3 is 16.0 Å². The lowest BCUT2D eigenvalue weighted by Crippen LogP contribution is -2.39. The average Bonchev–Trinajstić information content (AvgIpc) is 3.13. The van der Waals surface area contributed by atoms with Gasteiger partial charge in [0.05, 0.1) is 0 Å². The lowest BCUT2D eigenvalue weighted by Gasteiger charge is -2.22. The Morgan fingerprint density at radius 3 is 2.69 bits per heavy atom. The lowest BCUT2D eigenvalue weighted by molar-refractivity contribution is 0.1000. The van der Waals surface area contributed by atoms with E-state index in [1.54, 1.807) is 13.1 Å². The van der Waals surface area contributed by atoms with Crippen LogP contribution < -0.4 is 11.1 Å². The van der Waals surface area contributed by atoms with Crippen molar-refractivity contribution in [1.82, 2.24) is 10.2 Å². The summed E-state index contributed by atoms with van der Waals surface area (Å²) in [5, 5.41) is 3.39. The molecular weight excluding hydrogens is 439 g/mol. The van der Waals surface area contributed by atoms with Crippen molar-refractivity contribution in [1.29, 1.82) is 0 Å². The van der Waals surface area contributed by atoms with Gasteiger partial charge in [0.1, 0.15) is 0 Å². The van der Waals surface area contributed by atoms with Gasteiger partial charge in [0.15, 0.2) is 5.96 Å². The molecule has 5 nitrogen and oxygen atoms in total. The third-order valence-electron chi connectivity index (χ3n) is 4.63. The van der Waals surface area contributed by atoms with E-state index in [1.165, 1.54) is 5.56 Å². The van der Waals surface area contributed by atoms with E-state index in [9.17, 15) is 4.79 Å². The van der Waals surface area contributed by atoms with Gasteiger partial charge in [-0.25, -0.2) is 0 Å². The van der Waals surface area contributed by atoms with Crippen LogP contribution in [0.1, 0.15) is 33.8 Å². The number of primary amides is 1. The molecule has 0 radical (unpaired) electrons. The Kier molecular flexibility index (Phi) is 7.44. The number of nitrogens with two attached hydrogens (primary N) is 1. The Labute approximate surface area is 171 Å². The summed E-state index contributed by atoms with van der Waals surface area (Å²) >= 11 is 0. The number of hydrogen-bond donors (Lipinski definition) is 2. The number of benzene rings is 2. The monoisotopic (exact) mass is 464 g/mol. The second kappa shape index (κ2) is 9.56. The van der Waals surface area contributed by atoms with Crippen molar-refractivity contribution >= 4 is 35.8 Å². The zero-order valence-corrected chi connectivity index (χ0v) is 17.2. The van der Waals surface area contributed by atoms with Crippen molar-refractivity contribution in [2.24, 2.45) is 10.7 Å². The normalized spacial score (nSPS) is 16.9. The van der Waals surface area contributed by atoms with Crippen LogP contribution in [0.2, 0.25) is 0 Å². The lowest BCUT2D eigenvalue weighted by atomic mass is 9.99. The molecule has 3 rings (SSSR count). The molecule has 6 heteroatoms. The Hall–Kier alpha value is -2.09. The predicted octanol–water partition coefficient (Wildman–Crippen LogP) is 2.97. The van der Waals surface area contributed by atoms with Crippen molar-refractivity contribution in [2.45, 2.75) is 18.9 Å². The highest BCUT2D eigenvalue weighted by molar-refractivity contribution is 14.0. The van der Waals surface area contributed by atoms with Crippen LogP contribution >= 0.6 is 24.0 Å². The maximum absolute atomic E-state index is 11.3. The van der Waals surface area contributed by atoms with E-state index in [-0.39, 0.29) is 24.0 Å². The molecule has 1 fully saturated rings. The van der Waals surface area contributed by atoms with E-state index in [4.69, 9.17) is 5.73 Å². The summed E-state index contributed by atoms with van der Waals surface area (Å²) in [6.45, 7) is 2.56. The average molecular weight is 464 g/mol. The molecule has 1 aliphatic heterocycles. The number of aliphatic imine (C=N–C) groups is 1. The third-order valence-corrected chi connectivity index (χ3v) is 4.63. The Bertz CT molecular complexity index is 763. The van der Waals surface area contributed by atoms with Gasteiger partial charge in [-0.3, -0.25) is 9.79 Å². The summed E-state index contributed by atoms with van der Waals surface area (Å²) in [6, 6.07) is 18.0. The fourth-order valence-electron chi connectivity index (χ4n) is 3.30. The number of hydrogen-bond acceptors (Lipinski definition) is 2. The fourth-order valence-corrected chi connectivity index (χ4v) is 3.30. The van der Waals surface area contributed by atoms with Crippen LogP contribution in [0.3, 0.4) is 0 Å². The first-order chi connectivity index (χ1) is 12.2. The number of likely N-dealkylation sites (tertiary alicyclic amines) is 1. The van der Waals surface area contributed by atoms with Crippen LogP contribution in [-0.2, 0) is 6.54 Å². The highest BCUT2D eigenvalue weighted by Crippen LogP contribution is 2.26. The van der Waals surface area contributed by atoms with Gasteiger partial charge in [-0.05, 0) is 29.7 Å². The largest absolute Gasteiger partial charge is 0.366 e. The SMILES string of the molecule is CN=C(NCc1cccc(C(N)=O)c1)N1CCC(c2ccccc2)C1.I. The fraction of sp³-hybridized carbons (Fsp3) is 0.300. The van der Waals surface area contributed by atoms with Crippen molar-refractivity contribution in [3.05, 3.63) is 71.3 Å². The second-order valence-corrected chi connectivity index (χ2v) is 6.31. The smallest absolute Gasteiger partial charge is 0.248 e. The number of amides is 1. The highest BCUT2D eigenvalue weighted by atomic mass is 127. The molecule has 0 aliphatic carbocycles. The number of halogens is 1. The van der Waals surface area contributed by atoms with Crippen LogP contribution in [-0.4, -0.2) is 36.9 Å². The molecule has 138 valence electrons. The van der Waals surface area contributed by atoms with Gasteiger partial charge in [-0.2, -0.15) is 0 Å². The molecule has 3 N–H and O–H groups in total. The van der Waals surface area contributed by atoms with E-state index in [0.717, 1.165) is 31.0 Å². The predicted molar refractivity (Wildman–Crippen MR) is 116 cm³/mol. The first kappa shape index (κ1) is 20.2.